The summed E-state index contributed by atoms with van der Waals surface area (Å²) in [4.78, 5) is 0. The van der Waals surface area contributed by atoms with Crippen LogP contribution < -0.4 is 5.73 Å². The Balaban J connectivity index is 4.21. The maximum Gasteiger partial charge on any atom is 0.160 e. The van der Waals surface area contributed by atoms with Gasteiger partial charge < -0.3 is 10.5 Å². The Morgan fingerprint density at radius 2 is 2.30 bits per heavy atom. The first kappa shape index (κ1) is 9.17. The second-order valence-corrected chi connectivity index (χ2v) is 1.64. The summed E-state index contributed by atoms with van der Waals surface area (Å²) < 4.78 is 17.3. The molecule has 0 saturated heterocycles. The smallest absolute Gasteiger partial charge is 0.160 e. The van der Waals surface area contributed by atoms with Crippen LogP contribution in [0.2, 0.25) is 0 Å². The molecule has 0 aromatic carbocycles. The molecule has 0 radical (unpaired) electrons. The Kier molecular flexibility index (Phi) is 4.58. The average Bonchev–Trinajstić information content (AvgIpc) is 1.99. The van der Waals surface area contributed by atoms with Gasteiger partial charge in [0.25, 0.3) is 0 Å². The van der Waals surface area contributed by atoms with Crippen LogP contribution in [-0.4, -0.2) is 13.7 Å². The third-order valence-electron chi connectivity index (χ3n) is 1.01. The molecule has 0 aliphatic heterocycles. The molecule has 3 heteroatoms. The van der Waals surface area contributed by atoms with Gasteiger partial charge in [0.2, 0.25) is 0 Å². The summed E-state index contributed by atoms with van der Waals surface area (Å²) in [5.41, 5.74) is 5.15. The van der Waals surface area contributed by atoms with E-state index in [1.165, 1.54) is 19.3 Å². The van der Waals surface area contributed by atoms with E-state index in [1.54, 1.807) is 6.92 Å². The predicted octanol–water partition coefficient (Wildman–Crippen LogP) is 1.35. The topological polar surface area (TPSA) is 35.2 Å². The van der Waals surface area contributed by atoms with E-state index >= 15 is 0 Å². The van der Waals surface area contributed by atoms with Crippen LogP contribution >= 0.6 is 0 Å². The molecule has 0 aromatic rings. The molecule has 2 N–H and O–H groups in total. The number of rotatable bonds is 3. The third-order valence-corrected chi connectivity index (χ3v) is 1.01. The molecule has 0 aliphatic rings. The van der Waals surface area contributed by atoms with Crippen LogP contribution in [0.4, 0.5) is 4.39 Å². The standard InChI is InChI=1S/C7H12FNO/c1-3-6(8)7(10-2)4-5-9/h3-4H,5,9H2,1-2H3/b6-3+,7-4+. The molecule has 0 fully saturated rings. The second-order valence-electron chi connectivity index (χ2n) is 1.64. The van der Waals surface area contributed by atoms with Crippen molar-refractivity contribution in [2.45, 2.75) is 6.92 Å². The van der Waals surface area contributed by atoms with Gasteiger partial charge in [-0.1, -0.05) is 0 Å². The lowest BCUT2D eigenvalue weighted by atomic mass is 10.4. The summed E-state index contributed by atoms with van der Waals surface area (Å²) in [7, 11) is 1.41. The monoisotopic (exact) mass is 145 g/mol. The van der Waals surface area contributed by atoms with Gasteiger partial charge in [-0.15, -0.1) is 0 Å². The van der Waals surface area contributed by atoms with Gasteiger partial charge in [0.15, 0.2) is 11.6 Å². The third kappa shape index (κ3) is 2.64. The van der Waals surface area contributed by atoms with Crippen molar-refractivity contribution < 1.29 is 9.13 Å². The first-order valence-corrected chi connectivity index (χ1v) is 3.02. The number of nitrogens with two attached hydrogens (primary N) is 1. The number of hydrogen-bond acceptors (Lipinski definition) is 2. The number of hydrogen-bond donors (Lipinski definition) is 1. The summed E-state index contributed by atoms with van der Waals surface area (Å²) in [6, 6.07) is 0. The minimum atomic E-state index is -0.382. The number of ether oxygens (including phenoxy) is 1. The molecule has 0 spiro atoms. The van der Waals surface area contributed by atoms with Crippen LogP contribution in [0, 0.1) is 0 Å². The highest BCUT2D eigenvalue weighted by Gasteiger charge is 1.99. The number of halogens is 1. The first-order chi connectivity index (χ1) is 4.76. The van der Waals surface area contributed by atoms with Crippen LogP contribution in [0.3, 0.4) is 0 Å². The molecule has 0 unspecified atom stereocenters. The minimum absolute atomic E-state index is 0.199. The molecular formula is C7H12FNO. The molecule has 0 rings (SSSR count). The fraction of sp³-hybridized carbons (Fsp3) is 0.429. The summed E-state index contributed by atoms with van der Waals surface area (Å²) in [5.74, 6) is -0.182. The van der Waals surface area contributed by atoms with Crippen molar-refractivity contribution in [3.8, 4) is 0 Å². The van der Waals surface area contributed by atoms with Crippen LogP contribution in [0.15, 0.2) is 23.7 Å². The Hall–Kier alpha value is -0.830. The Morgan fingerprint density at radius 1 is 1.70 bits per heavy atom. The van der Waals surface area contributed by atoms with Crippen molar-refractivity contribution in [2.75, 3.05) is 13.7 Å². The largest absolute Gasteiger partial charge is 0.494 e. The normalized spacial score (nSPS) is 13.6. The van der Waals surface area contributed by atoms with Gasteiger partial charge in [-0.25, -0.2) is 4.39 Å². The van der Waals surface area contributed by atoms with E-state index in [4.69, 9.17) is 5.73 Å². The van der Waals surface area contributed by atoms with Crippen molar-refractivity contribution in [1.82, 2.24) is 0 Å². The maximum atomic E-state index is 12.6. The first-order valence-electron chi connectivity index (χ1n) is 3.02. The second kappa shape index (κ2) is 4.99. The Bertz CT molecular complexity index is 152. The lowest BCUT2D eigenvalue weighted by Gasteiger charge is -2.00. The van der Waals surface area contributed by atoms with Gasteiger partial charge in [-0.3, -0.25) is 0 Å². The molecule has 0 heterocycles. The Labute approximate surface area is 60.2 Å². The van der Waals surface area contributed by atoms with Crippen molar-refractivity contribution in [3.05, 3.63) is 23.7 Å². The summed E-state index contributed by atoms with van der Waals surface area (Å²) in [5, 5.41) is 0. The fourth-order valence-electron chi connectivity index (χ4n) is 0.528. The maximum absolute atomic E-state index is 12.6. The molecular weight excluding hydrogens is 133 g/mol. The van der Waals surface area contributed by atoms with Crippen molar-refractivity contribution in [3.63, 3.8) is 0 Å². The molecule has 0 amide bonds. The van der Waals surface area contributed by atoms with Crippen LogP contribution in [0.5, 0.6) is 0 Å². The van der Waals surface area contributed by atoms with E-state index in [-0.39, 0.29) is 18.1 Å². The minimum Gasteiger partial charge on any atom is -0.494 e. The van der Waals surface area contributed by atoms with Crippen LogP contribution in [0.25, 0.3) is 0 Å². The van der Waals surface area contributed by atoms with Crippen LogP contribution in [-0.2, 0) is 4.74 Å². The van der Waals surface area contributed by atoms with Crippen molar-refractivity contribution >= 4 is 0 Å². The molecule has 0 aromatic heterocycles. The Morgan fingerprint density at radius 3 is 2.60 bits per heavy atom. The lowest BCUT2D eigenvalue weighted by Crippen LogP contribution is -1.97. The van der Waals surface area contributed by atoms with Gasteiger partial charge in [-0.2, -0.15) is 0 Å². The molecule has 2 nitrogen and oxygen atoms in total. The van der Waals surface area contributed by atoms with Crippen molar-refractivity contribution in [2.24, 2.45) is 5.73 Å². The summed E-state index contributed by atoms with van der Waals surface area (Å²) in [6.45, 7) is 1.88. The molecule has 0 aliphatic carbocycles. The highest BCUT2D eigenvalue weighted by atomic mass is 19.1. The van der Waals surface area contributed by atoms with E-state index in [2.05, 4.69) is 4.74 Å². The predicted molar refractivity (Wildman–Crippen MR) is 39.0 cm³/mol. The van der Waals surface area contributed by atoms with Gasteiger partial charge in [-0.05, 0) is 19.1 Å². The number of allylic oxidation sites excluding steroid dienone is 2. The fourth-order valence-corrected chi connectivity index (χ4v) is 0.528. The van der Waals surface area contributed by atoms with Crippen LogP contribution in [0.1, 0.15) is 6.92 Å². The summed E-state index contributed by atoms with van der Waals surface area (Å²) in [6.07, 6.45) is 2.81. The molecule has 0 bridgehead atoms. The summed E-state index contributed by atoms with van der Waals surface area (Å²) >= 11 is 0. The number of methoxy groups -OCH3 is 1. The van der Waals surface area contributed by atoms with Gasteiger partial charge in [0.05, 0.1) is 7.11 Å². The van der Waals surface area contributed by atoms with Crippen molar-refractivity contribution in [1.29, 1.82) is 0 Å². The quantitative estimate of drug-likeness (QED) is 0.480. The van der Waals surface area contributed by atoms with E-state index in [9.17, 15) is 4.39 Å². The molecule has 0 atom stereocenters. The average molecular weight is 145 g/mol. The van der Waals surface area contributed by atoms with E-state index in [0.29, 0.717) is 0 Å². The SMILES string of the molecule is C/C=C(F)\C(=C/CN)OC. The zero-order chi connectivity index (χ0) is 7.98. The highest BCUT2D eigenvalue weighted by molar-refractivity contribution is 5.18. The van der Waals surface area contributed by atoms with Gasteiger partial charge in [0.1, 0.15) is 0 Å². The zero-order valence-corrected chi connectivity index (χ0v) is 6.23. The lowest BCUT2D eigenvalue weighted by molar-refractivity contribution is 0.282. The van der Waals surface area contributed by atoms with E-state index in [1.807, 2.05) is 0 Å². The van der Waals surface area contributed by atoms with Gasteiger partial charge >= 0.3 is 0 Å². The zero-order valence-electron chi connectivity index (χ0n) is 6.23. The molecule has 0 saturated carbocycles. The highest BCUT2D eigenvalue weighted by Crippen LogP contribution is 2.10. The van der Waals surface area contributed by atoms with Gasteiger partial charge in [0, 0.05) is 6.54 Å². The molecule has 10 heavy (non-hydrogen) atoms. The van der Waals surface area contributed by atoms with E-state index in [0.717, 1.165) is 0 Å². The molecule has 58 valence electrons. The van der Waals surface area contributed by atoms with E-state index < -0.39 is 0 Å².